The average Bonchev–Trinajstić information content (AvgIpc) is 2.11. The normalized spacial score (nSPS) is 14.1. The van der Waals surface area contributed by atoms with Gasteiger partial charge in [0.15, 0.2) is 0 Å². The van der Waals surface area contributed by atoms with Crippen LogP contribution in [0.2, 0.25) is 0 Å². The number of carbonyl (C=O) groups excluding carboxylic acids is 2. The quantitative estimate of drug-likeness (QED) is 0.307. The smallest absolute Gasteiger partial charge is 0.345 e. The van der Waals surface area contributed by atoms with Crippen molar-refractivity contribution in [2.75, 3.05) is 13.2 Å². The largest absolute Gasteiger partial charge is 0.462 e. The van der Waals surface area contributed by atoms with Crippen LogP contribution in [0.1, 0.15) is 33.1 Å². The molecule has 0 aromatic rings. The lowest BCUT2D eigenvalue weighted by molar-refractivity contribution is -0.146. The second kappa shape index (κ2) is 5.53. The highest BCUT2D eigenvalue weighted by atomic mass is 16.6. The van der Waals surface area contributed by atoms with Crippen molar-refractivity contribution < 1.29 is 19.1 Å². The summed E-state index contributed by atoms with van der Waals surface area (Å²) >= 11 is 0. The van der Waals surface area contributed by atoms with Crippen LogP contribution in [0.5, 0.6) is 0 Å². The summed E-state index contributed by atoms with van der Waals surface area (Å²) in [5, 5.41) is 0. The molecule has 0 aliphatic heterocycles. The predicted molar refractivity (Wildman–Crippen MR) is 54.1 cm³/mol. The van der Waals surface area contributed by atoms with E-state index in [0.717, 1.165) is 24.8 Å². The Morgan fingerprint density at radius 2 is 1.53 bits per heavy atom. The fourth-order valence-electron chi connectivity index (χ4n) is 1.38. The molecule has 4 nitrogen and oxygen atoms in total. The van der Waals surface area contributed by atoms with Crippen molar-refractivity contribution in [1.29, 1.82) is 0 Å². The summed E-state index contributed by atoms with van der Waals surface area (Å²) in [6.45, 7) is 3.97. The monoisotopic (exact) mass is 212 g/mol. The van der Waals surface area contributed by atoms with Gasteiger partial charge in [-0.15, -0.1) is 0 Å². The Morgan fingerprint density at radius 3 is 1.80 bits per heavy atom. The number of ether oxygens (including phenoxy) is 2. The predicted octanol–water partition coefficient (Wildman–Crippen LogP) is 1.59. The van der Waals surface area contributed by atoms with Gasteiger partial charge in [-0.05, 0) is 38.7 Å². The molecule has 1 aliphatic carbocycles. The minimum atomic E-state index is -0.550. The van der Waals surface area contributed by atoms with E-state index < -0.39 is 11.9 Å². The summed E-state index contributed by atoms with van der Waals surface area (Å²) < 4.78 is 9.66. The van der Waals surface area contributed by atoms with E-state index in [1.165, 1.54) is 0 Å². The fourth-order valence-corrected chi connectivity index (χ4v) is 1.38. The van der Waals surface area contributed by atoms with Gasteiger partial charge in [0.05, 0.1) is 13.2 Å². The fraction of sp³-hybridized carbons (Fsp3) is 0.636. The van der Waals surface area contributed by atoms with Gasteiger partial charge in [0.2, 0.25) is 0 Å². The first kappa shape index (κ1) is 11.8. The molecule has 1 rings (SSSR count). The number of rotatable bonds is 4. The highest BCUT2D eigenvalue weighted by molar-refractivity contribution is 6.14. The van der Waals surface area contributed by atoms with Crippen LogP contribution in [0.15, 0.2) is 11.1 Å². The molecule has 0 aromatic carbocycles. The van der Waals surface area contributed by atoms with Crippen molar-refractivity contribution in [2.24, 2.45) is 0 Å². The number of carbonyl (C=O) groups is 2. The van der Waals surface area contributed by atoms with E-state index in [1.807, 2.05) is 0 Å². The second-order valence-corrected chi connectivity index (χ2v) is 3.27. The molecule has 0 heterocycles. The van der Waals surface area contributed by atoms with Crippen molar-refractivity contribution >= 4 is 11.9 Å². The standard InChI is InChI=1S/C11H16O4/c1-3-14-10(12)9(8-6-5-7-8)11(13)15-4-2/h3-7H2,1-2H3. The Kier molecular flexibility index (Phi) is 4.34. The molecule has 4 heteroatoms. The average molecular weight is 212 g/mol. The Bertz CT molecular complexity index is 265. The third-order valence-corrected chi connectivity index (χ3v) is 2.27. The molecule has 15 heavy (non-hydrogen) atoms. The molecule has 0 atom stereocenters. The van der Waals surface area contributed by atoms with Crippen molar-refractivity contribution in [3.63, 3.8) is 0 Å². The molecular formula is C11H16O4. The molecule has 0 spiro atoms. The number of esters is 2. The van der Waals surface area contributed by atoms with Crippen LogP contribution in [-0.4, -0.2) is 25.2 Å². The molecule has 1 aliphatic rings. The van der Waals surface area contributed by atoms with Crippen molar-refractivity contribution in [3.05, 3.63) is 11.1 Å². The highest BCUT2D eigenvalue weighted by Crippen LogP contribution is 2.29. The maximum atomic E-state index is 11.5. The van der Waals surface area contributed by atoms with Gasteiger partial charge in [-0.1, -0.05) is 0 Å². The van der Waals surface area contributed by atoms with Gasteiger partial charge in [-0.3, -0.25) is 0 Å². The summed E-state index contributed by atoms with van der Waals surface area (Å²) in [7, 11) is 0. The van der Waals surface area contributed by atoms with E-state index in [9.17, 15) is 9.59 Å². The summed E-state index contributed by atoms with van der Waals surface area (Å²) in [5.41, 5.74) is 0.983. The van der Waals surface area contributed by atoms with Gasteiger partial charge in [-0.25, -0.2) is 9.59 Å². The zero-order valence-electron chi connectivity index (χ0n) is 9.17. The van der Waals surface area contributed by atoms with Gasteiger partial charge in [-0.2, -0.15) is 0 Å². The Hall–Kier alpha value is -1.32. The molecule has 0 amide bonds. The lowest BCUT2D eigenvalue weighted by Crippen LogP contribution is -2.22. The first-order chi connectivity index (χ1) is 7.20. The molecule has 1 saturated carbocycles. The van der Waals surface area contributed by atoms with E-state index >= 15 is 0 Å². The first-order valence-electron chi connectivity index (χ1n) is 5.27. The number of allylic oxidation sites excluding steroid dienone is 1. The first-order valence-corrected chi connectivity index (χ1v) is 5.27. The van der Waals surface area contributed by atoms with Crippen LogP contribution in [0, 0.1) is 0 Å². The molecule has 0 radical (unpaired) electrons. The third kappa shape index (κ3) is 2.81. The van der Waals surface area contributed by atoms with Crippen LogP contribution in [0.25, 0.3) is 0 Å². The Balaban J connectivity index is 2.79. The molecule has 1 fully saturated rings. The lowest BCUT2D eigenvalue weighted by atomic mass is 9.88. The van der Waals surface area contributed by atoms with Crippen LogP contribution >= 0.6 is 0 Å². The molecule has 0 N–H and O–H groups in total. The number of hydrogen-bond acceptors (Lipinski definition) is 4. The minimum absolute atomic E-state index is 0.116. The maximum absolute atomic E-state index is 11.5. The van der Waals surface area contributed by atoms with E-state index in [4.69, 9.17) is 9.47 Å². The van der Waals surface area contributed by atoms with E-state index in [2.05, 4.69) is 0 Å². The van der Waals surface area contributed by atoms with Gasteiger partial charge in [0, 0.05) is 0 Å². The Labute approximate surface area is 89.2 Å². The van der Waals surface area contributed by atoms with Crippen LogP contribution in [0.3, 0.4) is 0 Å². The van der Waals surface area contributed by atoms with Crippen LogP contribution < -0.4 is 0 Å². The van der Waals surface area contributed by atoms with Gasteiger partial charge in [0.1, 0.15) is 5.57 Å². The summed E-state index contributed by atoms with van der Waals surface area (Å²) in [6, 6.07) is 0. The topological polar surface area (TPSA) is 52.6 Å². The molecule has 0 bridgehead atoms. The summed E-state index contributed by atoms with van der Waals surface area (Å²) in [5.74, 6) is -1.10. The third-order valence-electron chi connectivity index (χ3n) is 2.27. The second-order valence-electron chi connectivity index (χ2n) is 3.27. The van der Waals surface area contributed by atoms with E-state index in [-0.39, 0.29) is 18.8 Å². The summed E-state index contributed by atoms with van der Waals surface area (Å²) in [6.07, 6.45) is 2.62. The van der Waals surface area contributed by atoms with Crippen molar-refractivity contribution in [2.45, 2.75) is 33.1 Å². The van der Waals surface area contributed by atoms with E-state index in [0.29, 0.717) is 0 Å². The molecule has 0 unspecified atom stereocenters. The number of hydrogen-bond donors (Lipinski definition) is 0. The zero-order chi connectivity index (χ0) is 11.3. The lowest BCUT2D eigenvalue weighted by Gasteiger charge is -2.19. The molecule has 0 saturated heterocycles. The molecule has 84 valence electrons. The van der Waals surface area contributed by atoms with E-state index in [1.54, 1.807) is 13.8 Å². The van der Waals surface area contributed by atoms with Gasteiger partial charge in [0.25, 0.3) is 0 Å². The molecular weight excluding hydrogens is 196 g/mol. The van der Waals surface area contributed by atoms with Crippen LogP contribution in [0.4, 0.5) is 0 Å². The zero-order valence-corrected chi connectivity index (χ0v) is 9.17. The minimum Gasteiger partial charge on any atom is -0.462 e. The van der Waals surface area contributed by atoms with Crippen LogP contribution in [-0.2, 0) is 19.1 Å². The highest BCUT2D eigenvalue weighted by Gasteiger charge is 2.28. The Morgan fingerprint density at radius 1 is 1.07 bits per heavy atom. The van der Waals surface area contributed by atoms with Crippen molar-refractivity contribution in [3.8, 4) is 0 Å². The SMILES string of the molecule is CCOC(=O)C(C(=O)OCC)=C1CCC1. The van der Waals surface area contributed by atoms with Crippen molar-refractivity contribution in [1.82, 2.24) is 0 Å². The van der Waals surface area contributed by atoms with Gasteiger partial charge >= 0.3 is 11.9 Å². The molecule has 0 aromatic heterocycles. The summed E-state index contributed by atoms with van der Waals surface area (Å²) in [4.78, 5) is 23.0. The maximum Gasteiger partial charge on any atom is 0.345 e. The van der Waals surface area contributed by atoms with Gasteiger partial charge < -0.3 is 9.47 Å².